The number of hydrogen-bond donors (Lipinski definition) is 2. The first-order chi connectivity index (χ1) is 13.5. The number of carbonyl (C=O) groups excluding carboxylic acids is 1. The van der Waals surface area contributed by atoms with Gasteiger partial charge >= 0.3 is 5.97 Å². The molecule has 3 rings (SSSR count). The minimum absolute atomic E-state index is 0.0331. The zero-order valence-corrected chi connectivity index (χ0v) is 15.6. The van der Waals surface area contributed by atoms with Gasteiger partial charge in [-0.25, -0.2) is 4.79 Å². The quantitative estimate of drug-likeness (QED) is 0.603. The van der Waals surface area contributed by atoms with Crippen LogP contribution in [0.2, 0.25) is 0 Å². The second-order valence-electron chi connectivity index (χ2n) is 6.05. The van der Waals surface area contributed by atoms with Gasteiger partial charge < -0.3 is 20.5 Å². The van der Waals surface area contributed by atoms with Gasteiger partial charge in [0.05, 0.1) is 0 Å². The molecule has 28 heavy (non-hydrogen) atoms. The van der Waals surface area contributed by atoms with Crippen molar-refractivity contribution in [2.45, 2.75) is 26.6 Å². The number of para-hydroxylation sites is 2. The lowest BCUT2D eigenvalue weighted by Crippen LogP contribution is -2.26. The number of nitrogens with one attached hydrogen (secondary N) is 1. The fourth-order valence-electron chi connectivity index (χ4n) is 2.40. The molecule has 0 aliphatic rings. The molecule has 0 aliphatic heterocycles. The van der Waals surface area contributed by atoms with Crippen molar-refractivity contribution in [1.29, 1.82) is 0 Å². The van der Waals surface area contributed by atoms with Crippen molar-refractivity contribution in [2.24, 2.45) is 0 Å². The molecule has 1 atom stereocenters. The SMILES string of the molecule is Cc1ccccc1Nc1nc(N)nc(COC(=O)[C@H](C)Oc2ccccc2)n1. The molecule has 0 radical (unpaired) electrons. The van der Waals surface area contributed by atoms with Crippen LogP contribution in [0.25, 0.3) is 0 Å². The van der Waals surface area contributed by atoms with Crippen LogP contribution < -0.4 is 15.8 Å². The highest BCUT2D eigenvalue weighted by atomic mass is 16.6. The highest BCUT2D eigenvalue weighted by Gasteiger charge is 2.17. The summed E-state index contributed by atoms with van der Waals surface area (Å²) in [5.41, 5.74) is 7.63. The fraction of sp³-hybridized carbons (Fsp3) is 0.200. The summed E-state index contributed by atoms with van der Waals surface area (Å²) in [6.07, 6.45) is -0.772. The lowest BCUT2D eigenvalue weighted by atomic mass is 10.2. The predicted molar refractivity (Wildman–Crippen MR) is 105 cm³/mol. The minimum atomic E-state index is -0.772. The lowest BCUT2D eigenvalue weighted by Gasteiger charge is -2.14. The summed E-state index contributed by atoms with van der Waals surface area (Å²) in [6.45, 7) is 3.43. The van der Waals surface area contributed by atoms with Crippen LogP contribution in [-0.4, -0.2) is 27.0 Å². The zero-order chi connectivity index (χ0) is 19.9. The van der Waals surface area contributed by atoms with Crippen molar-refractivity contribution in [1.82, 2.24) is 15.0 Å². The highest BCUT2D eigenvalue weighted by molar-refractivity contribution is 5.74. The first-order valence-corrected chi connectivity index (χ1v) is 8.72. The Bertz CT molecular complexity index is 950. The second-order valence-corrected chi connectivity index (χ2v) is 6.05. The van der Waals surface area contributed by atoms with Gasteiger partial charge in [0.2, 0.25) is 11.9 Å². The number of hydrogen-bond acceptors (Lipinski definition) is 8. The molecule has 2 aromatic carbocycles. The van der Waals surface area contributed by atoms with Gasteiger partial charge in [-0.3, -0.25) is 0 Å². The number of nitrogens with two attached hydrogens (primary N) is 1. The molecular weight excluding hydrogens is 358 g/mol. The van der Waals surface area contributed by atoms with E-state index in [2.05, 4.69) is 20.3 Å². The Morgan fingerprint density at radius 3 is 2.54 bits per heavy atom. The van der Waals surface area contributed by atoms with E-state index in [-0.39, 0.29) is 24.3 Å². The molecule has 0 saturated carbocycles. The Balaban J connectivity index is 1.62. The van der Waals surface area contributed by atoms with Crippen molar-refractivity contribution in [2.75, 3.05) is 11.1 Å². The summed E-state index contributed by atoms with van der Waals surface area (Å²) in [7, 11) is 0. The molecule has 0 spiro atoms. The molecule has 0 fully saturated rings. The van der Waals surface area contributed by atoms with Gasteiger partial charge in [-0.2, -0.15) is 15.0 Å². The Labute approximate surface area is 162 Å². The third kappa shape index (κ3) is 5.16. The van der Waals surface area contributed by atoms with E-state index in [1.807, 2.05) is 49.4 Å². The summed E-state index contributed by atoms with van der Waals surface area (Å²) >= 11 is 0. The molecule has 1 heterocycles. The monoisotopic (exact) mass is 379 g/mol. The molecule has 3 aromatic rings. The van der Waals surface area contributed by atoms with Gasteiger partial charge in [0.1, 0.15) is 5.75 Å². The largest absolute Gasteiger partial charge is 0.479 e. The fourth-order valence-corrected chi connectivity index (χ4v) is 2.40. The first kappa shape index (κ1) is 19.1. The molecule has 0 aliphatic carbocycles. The molecule has 0 unspecified atom stereocenters. The van der Waals surface area contributed by atoms with Crippen LogP contribution in [0, 0.1) is 6.92 Å². The van der Waals surface area contributed by atoms with Crippen molar-refractivity contribution in [3.8, 4) is 5.75 Å². The molecule has 8 nitrogen and oxygen atoms in total. The lowest BCUT2D eigenvalue weighted by molar-refractivity contribution is -0.152. The Kier molecular flexibility index (Phi) is 6.01. The first-order valence-electron chi connectivity index (χ1n) is 8.72. The van der Waals surface area contributed by atoms with E-state index >= 15 is 0 Å². The zero-order valence-electron chi connectivity index (χ0n) is 15.6. The maximum atomic E-state index is 12.2. The van der Waals surface area contributed by atoms with Crippen LogP contribution >= 0.6 is 0 Å². The van der Waals surface area contributed by atoms with E-state index in [9.17, 15) is 4.79 Å². The topological polar surface area (TPSA) is 112 Å². The van der Waals surface area contributed by atoms with Gasteiger partial charge in [0.25, 0.3) is 0 Å². The summed E-state index contributed by atoms with van der Waals surface area (Å²) in [4.78, 5) is 24.5. The molecule has 3 N–H and O–H groups in total. The number of aryl methyl sites for hydroxylation is 1. The Morgan fingerprint density at radius 1 is 1.07 bits per heavy atom. The number of esters is 1. The van der Waals surface area contributed by atoms with Crippen molar-refractivity contribution in [3.63, 3.8) is 0 Å². The molecule has 0 amide bonds. The number of nitrogen functional groups attached to an aromatic ring is 1. The van der Waals surface area contributed by atoms with Gasteiger partial charge in [-0.15, -0.1) is 0 Å². The van der Waals surface area contributed by atoms with Crippen LogP contribution in [0.1, 0.15) is 18.3 Å². The predicted octanol–water partition coefficient (Wildman–Crippen LogP) is 3.02. The van der Waals surface area contributed by atoms with Crippen molar-refractivity contribution in [3.05, 3.63) is 66.0 Å². The van der Waals surface area contributed by atoms with Crippen LogP contribution in [0.3, 0.4) is 0 Å². The number of benzene rings is 2. The van der Waals surface area contributed by atoms with E-state index in [1.165, 1.54) is 0 Å². The third-order valence-electron chi connectivity index (χ3n) is 3.82. The maximum Gasteiger partial charge on any atom is 0.347 e. The normalized spacial score (nSPS) is 11.5. The average Bonchev–Trinajstić information content (AvgIpc) is 2.68. The number of aromatic nitrogens is 3. The smallest absolute Gasteiger partial charge is 0.347 e. The van der Waals surface area contributed by atoms with Gasteiger partial charge in [0.15, 0.2) is 18.5 Å². The number of nitrogens with zero attached hydrogens (tertiary/aromatic N) is 3. The second kappa shape index (κ2) is 8.81. The minimum Gasteiger partial charge on any atom is -0.479 e. The number of rotatable bonds is 7. The summed E-state index contributed by atoms with van der Waals surface area (Å²) < 4.78 is 10.8. The van der Waals surface area contributed by atoms with E-state index < -0.39 is 12.1 Å². The van der Waals surface area contributed by atoms with E-state index in [4.69, 9.17) is 15.2 Å². The number of ether oxygens (including phenoxy) is 2. The van der Waals surface area contributed by atoms with Crippen LogP contribution in [0.15, 0.2) is 54.6 Å². The van der Waals surface area contributed by atoms with Gasteiger partial charge in [-0.05, 0) is 37.6 Å². The van der Waals surface area contributed by atoms with E-state index in [0.29, 0.717) is 5.75 Å². The summed E-state index contributed by atoms with van der Waals surface area (Å²) in [5, 5.41) is 3.09. The summed E-state index contributed by atoms with van der Waals surface area (Å²) in [6, 6.07) is 16.7. The van der Waals surface area contributed by atoms with Gasteiger partial charge in [0, 0.05) is 5.69 Å². The molecular formula is C20H21N5O3. The number of carbonyl (C=O) groups is 1. The molecule has 8 heteroatoms. The van der Waals surface area contributed by atoms with E-state index in [0.717, 1.165) is 11.3 Å². The standard InChI is InChI=1S/C20H21N5O3/c1-13-8-6-7-11-16(13)22-20-24-17(23-19(21)25-20)12-27-18(26)14(2)28-15-9-4-3-5-10-15/h3-11,14H,12H2,1-2H3,(H3,21,22,23,24,25)/t14-/m0/s1. The maximum absolute atomic E-state index is 12.2. The third-order valence-corrected chi connectivity index (χ3v) is 3.82. The Hall–Kier alpha value is -3.68. The summed E-state index contributed by atoms with van der Waals surface area (Å²) in [5.74, 6) is 0.605. The van der Waals surface area contributed by atoms with Gasteiger partial charge in [-0.1, -0.05) is 36.4 Å². The molecule has 0 bridgehead atoms. The van der Waals surface area contributed by atoms with Crippen LogP contribution in [0.4, 0.5) is 17.6 Å². The molecule has 0 saturated heterocycles. The highest BCUT2D eigenvalue weighted by Crippen LogP contribution is 2.18. The van der Waals surface area contributed by atoms with E-state index in [1.54, 1.807) is 19.1 Å². The molecule has 1 aromatic heterocycles. The average molecular weight is 379 g/mol. The van der Waals surface area contributed by atoms with Crippen LogP contribution in [-0.2, 0) is 16.1 Å². The van der Waals surface area contributed by atoms with Crippen molar-refractivity contribution >= 4 is 23.6 Å². The van der Waals surface area contributed by atoms with Crippen LogP contribution in [0.5, 0.6) is 5.75 Å². The number of anilines is 3. The van der Waals surface area contributed by atoms with Crippen molar-refractivity contribution < 1.29 is 14.3 Å². The molecule has 144 valence electrons. The Morgan fingerprint density at radius 2 is 1.79 bits per heavy atom.